The standard InChI is InChI=1S/C11H19N3O/c1-8-6-14-11(15-8)9(2)13-7-10-4-3-5-12-10/h6,9-10,12-13H,3-5,7H2,1-2H3. The van der Waals surface area contributed by atoms with E-state index in [1.165, 1.54) is 12.8 Å². The van der Waals surface area contributed by atoms with Crippen LogP contribution in [0, 0.1) is 6.92 Å². The zero-order chi connectivity index (χ0) is 10.7. The first-order chi connectivity index (χ1) is 7.25. The molecule has 1 saturated heterocycles. The summed E-state index contributed by atoms with van der Waals surface area (Å²) in [7, 11) is 0. The van der Waals surface area contributed by atoms with Gasteiger partial charge in [0.2, 0.25) is 5.89 Å². The maximum atomic E-state index is 5.47. The number of hydrogen-bond donors (Lipinski definition) is 2. The maximum Gasteiger partial charge on any atom is 0.211 e. The molecule has 4 nitrogen and oxygen atoms in total. The van der Waals surface area contributed by atoms with Crippen LogP contribution in [0.15, 0.2) is 10.6 Å². The molecule has 0 radical (unpaired) electrons. The fourth-order valence-electron chi connectivity index (χ4n) is 1.91. The molecule has 0 saturated carbocycles. The third-order valence-corrected chi connectivity index (χ3v) is 2.84. The van der Waals surface area contributed by atoms with Crippen molar-refractivity contribution >= 4 is 0 Å². The molecule has 1 aliphatic rings. The van der Waals surface area contributed by atoms with Gasteiger partial charge in [0.15, 0.2) is 0 Å². The summed E-state index contributed by atoms with van der Waals surface area (Å²) in [5, 5.41) is 6.89. The van der Waals surface area contributed by atoms with E-state index in [0.717, 1.165) is 24.7 Å². The molecular weight excluding hydrogens is 190 g/mol. The topological polar surface area (TPSA) is 50.1 Å². The first kappa shape index (κ1) is 10.6. The Kier molecular flexibility index (Phi) is 3.38. The van der Waals surface area contributed by atoms with Gasteiger partial charge in [0.1, 0.15) is 5.76 Å². The fourth-order valence-corrected chi connectivity index (χ4v) is 1.91. The van der Waals surface area contributed by atoms with Crippen LogP contribution in [-0.4, -0.2) is 24.1 Å². The van der Waals surface area contributed by atoms with Crippen molar-refractivity contribution in [2.45, 2.75) is 38.8 Å². The molecule has 0 bridgehead atoms. The first-order valence-electron chi connectivity index (χ1n) is 5.65. The average molecular weight is 209 g/mol. The predicted octanol–water partition coefficient (Wildman–Crippen LogP) is 1.39. The lowest BCUT2D eigenvalue weighted by molar-refractivity contribution is 0.389. The molecule has 84 valence electrons. The van der Waals surface area contributed by atoms with Crippen molar-refractivity contribution in [3.05, 3.63) is 17.8 Å². The Morgan fingerprint density at radius 3 is 3.20 bits per heavy atom. The van der Waals surface area contributed by atoms with Gasteiger partial charge in [-0.1, -0.05) is 0 Å². The average Bonchev–Trinajstić information content (AvgIpc) is 2.84. The Morgan fingerprint density at radius 1 is 1.73 bits per heavy atom. The molecule has 0 amide bonds. The molecule has 1 aromatic heterocycles. The molecule has 1 aromatic rings. The molecule has 2 heterocycles. The SMILES string of the molecule is Cc1cnc(C(C)NCC2CCCN2)o1. The lowest BCUT2D eigenvalue weighted by Gasteiger charge is -2.14. The molecule has 2 atom stereocenters. The van der Waals surface area contributed by atoms with Crippen molar-refractivity contribution in [3.8, 4) is 0 Å². The summed E-state index contributed by atoms with van der Waals surface area (Å²) in [6.07, 6.45) is 4.32. The highest BCUT2D eigenvalue weighted by Gasteiger charge is 2.16. The highest BCUT2D eigenvalue weighted by atomic mass is 16.4. The van der Waals surface area contributed by atoms with E-state index in [4.69, 9.17) is 4.42 Å². The minimum atomic E-state index is 0.195. The summed E-state index contributed by atoms with van der Waals surface area (Å²) in [4.78, 5) is 4.21. The van der Waals surface area contributed by atoms with Crippen molar-refractivity contribution < 1.29 is 4.42 Å². The van der Waals surface area contributed by atoms with Gasteiger partial charge in [-0.05, 0) is 33.2 Å². The van der Waals surface area contributed by atoms with Gasteiger partial charge < -0.3 is 15.1 Å². The van der Waals surface area contributed by atoms with E-state index in [0.29, 0.717) is 6.04 Å². The van der Waals surface area contributed by atoms with Gasteiger partial charge in [-0.3, -0.25) is 0 Å². The highest BCUT2D eigenvalue weighted by Crippen LogP contribution is 2.12. The molecule has 1 fully saturated rings. The lowest BCUT2D eigenvalue weighted by Crippen LogP contribution is -2.35. The van der Waals surface area contributed by atoms with Crippen LogP contribution in [-0.2, 0) is 0 Å². The quantitative estimate of drug-likeness (QED) is 0.786. The van der Waals surface area contributed by atoms with Gasteiger partial charge in [0.25, 0.3) is 0 Å². The van der Waals surface area contributed by atoms with E-state index in [9.17, 15) is 0 Å². The van der Waals surface area contributed by atoms with Crippen molar-refractivity contribution in [2.75, 3.05) is 13.1 Å². The molecular formula is C11H19N3O. The third-order valence-electron chi connectivity index (χ3n) is 2.84. The summed E-state index contributed by atoms with van der Waals surface area (Å²) in [6, 6.07) is 0.810. The van der Waals surface area contributed by atoms with Crippen LogP contribution in [0.5, 0.6) is 0 Å². The van der Waals surface area contributed by atoms with E-state index in [-0.39, 0.29) is 6.04 Å². The number of hydrogen-bond acceptors (Lipinski definition) is 4. The fraction of sp³-hybridized carbons (Fsp3) is 0.727. The summed E-state index contributed by atoms with van der Waals surface area (Å²) >= 11 is 0. The molecule has 2 unspecified atom stereocenters. The third kappa shape index (κ3) is 2.79. The molecule has 1 aliphatic heterocycles. The molecule has 4 heteroatoms. The second-order valence-electron chi connectivity index (χ2n) is 4.23. The van der Waals surface area contributed by atoms with Crippen LogP contribution in [0.2, 0.25) is 0 Å². The second-order valence-corrected chi connectivity index (χ2v) is 4.23. The second kappa shape index (κ2) is 4.77. The van der Waals surface area contributed by atoms with Crippen LogP contribution in [0.4, 0.5) is 0 Å². The monoisotopic (exact) mass is 209 g/mol. The van der Waals surface area contributed by atoms with Crippen molar-refractivity contribution in [3.63, 3.8) is 0 Å². The molecule has 0 aliphatic carbocycles. The highest BCUT2D eigenvalue weighted by molar-refractivity contribution is 4.95. The largest absolute Gasteiger partial charge is 0.444 e. The van der Waals surface area contributed by atoms with Crippen LogP contribution < -0.4 is 10.6 Å². The van der Waals surface area contributed by atoms with Crippen molar-refractivity contribution in [2.24, 2.45) is 0 Å². The van der Waals surface area contributed by atoms with Crippen molar-refractivity contribution in [1.82, 2.24) is 15.6 Å². The van der Waals surface area contributed by atoms with Crippen LogP contribution in [0.25, 0.3) is 0 Å². The van der Waals surface area contributed by atoms with Crippen LogP contribution in [0.3, 0.4) is 0 Å². The Balaban J connectivity index is 1.79. The van der Waals surface area contributed by atoms with Crippen molar-refractivity contribution in [1.29, 1.82) is 0 Å². The van der Waals surface area contributed by atoms with Gasteiger partial charge in [0, 0.05) is 12.6 Å². The van der Waals surface area contributed by atoms with Gasteiger partial charge in [0.05, 0.1) is 12.2 Å². The Morgan fingerprint density at radius 2 is 2.60 bits per heavy atom. The number of nitrogens with one attached hydrogen (secondary N) is 2. The summed E-state index contributed by atoms with van der Waals surface area (Å²) in [5.41, 5.74) is 0. The number of aromatic nitrogens is 1. The van der Waals surface area contributed by atoms with E-state index in [2.05, 4.69) is 22.5 Å². The number of nitrogens with zero attached hydrogens (tertiary/aromatic N) is 1. The van der Waals surface area contributed by atoms with E-state index in [1.807, 2.05) is 6.92 Å². The van der Waals surface area contributed by atoms with Gasteiger partial charge in [-0.2, -0.15) is 0 Å². The molecule has 0 aromatic carbocycles. The summed E-state index contributed by atoms with van der Waals surface area (Å²) < 4.78 is 5.47. The zero-order valence-electron chi connectivity index (χ0n) is 9.42. The number of oxazole rings is 1. The number of aryl methyl sites for hydroxylation is 1. The summed E-state index contributed by atoms with van der Waals surface area (Å²) in [6.45, 7) is 6.14. The van der Waals surface area contributed by atoms with Gasteiger partial charge >= 0.3 is 0 Å². The van der Waals surface area contributed by atoms with E-state index >= 15 is 0 Å². The molecule has 2 N–H and O–H groups in total. The Labute approximate surface area is 90.5 Å². The van der Waals surface area contributed by atoms with Crippen LogP contribution in [0.1, 0.15) is 37.5 Å². The normalized spacial score (nSPS) is 23.2. The van der Waals surface area contributed by atoms with Crippen LogP contribution >= 0.6 is 0 Å². The smallest absolute Gasteiger partial charge is 0.211 e. The first-order valence-corrected chi connectivity index (χ1v) is 5.65. The van der Waals surface area contributed by atoms with E-state index < -0.39 is 0 Å². The zero-order valence-corrected chi connectivity index (χ0v) is 9.42. The minimum absolute atomic E-state index is 0.195. The molecule has 0 spiro atoms. The maximum absolute atomic E-state index is 5.47. The van der Waals surface area contributed by atoms with E-state index in [1.54, 1.807) is 6.20 Å². The summed E-state index contributed by atoms with van der Waals surface area (Å²) in [5.74, 6) is 1.66. The Hall–Kier alpha value is -0.870. The Bertz CT molecular complexity index is 305. The minimum Gasteiger partial charge on any atom is -0.444 e. The molecule has 15 heavy (non-hydrogen) atoms. The lowest BCUT2D eigenvalue weighted by atomic mass is 10.2. The molecule has 2 rings (SSSR count). The number of rotatable bonds is 4. The van der Waals surface area contributed by atoms with Gasteiger partial charge in [-0.25, -0.2) is 4.98 Å². The predicted molar refractivity (Wildman–Crippen MR) is 58.7 cm³/mol. The van der Waals surface area contributed by atoms with Gasteiger partial charge in [-0.15, -0.1) is 0 Å².